The topological polar surface area (TPSA) is 67.4 Å². The second-order valence-electron chi connectivity index (χ2n) is 4.88. The highest BCUT2D eigenvalue weighted by atomic mass is 16.5. The van der Waals surface area contributed by atoms with Crippen molar-refractivity contribution >= 4 is 11.9 Å². The number of hydrogen-bond acceptors (Lipinski definition) is 5. The van der Waals surface area contributed by atoms with Crippen molar-refractivity contribution in [3.8, 4) is 0 Å². The summed E-state index contributed by atoms with van der Waals surface area (Å²) in [6.45, 7) is 6.55. The van der Waals surface area contributed by atoms with Crippen LogP contribution in [0.4, 0.5) is 5.95 Å². The second kappa shape index (κ2) is 6.47. The molecule has 2 rings (SSSR count). The molecule has 6 nitrogen and oxygen atoms in total. The molecule has 1 aromatic heterocycles. The normalized spacial score (nSPS) is 17.3. The summed E-state index contributed by atoms with van der Waals surface area (Å²) in [6.07, 6.45) is 3.32. The highest BCUT2D eigenvalue weighted by molar-refractivity contribution is 5.84. The lowest BCUT2D eigenvalue weighted by Gasteiger charge is -2.32. The average molecular weight is 264 g/mol. The minimum absolute atomic E-state index is 0.0887. The van der Waals surface area contributed by atoms with E-state index in [1.807, 2.05) is 18.7 Å². The molecule has 19 heavy (non-hydrogen) atoms. The van der Waals surface area contributed by atoms with Crippen LogP contribution in [0.2, 0.25) is 0 Å². The molecule has 0 radical (unpaired) electrons. The van der Waals surface area contributed by atoms with Crippen LogP contribution in [0.15, 0.2) is 18.5 Å². The van der Waals surface area contributed by atoms with Crippen LogP contribution in [-0.2, 0) is 9.53 Å². The third-order valence-electron chi connectivity index (χ3n) is 3.11. The smallest absolute Gasteiger partial charge is 0.245 e. The Balaban J connectivity index is 2.04. The van der Waals surface area contributed by atoms with E-state index in [-0.39, 0.29) is 17.9 Å². The van der Waals surface area contributed by atoms with Gasteiger partial charge < -0.3 is 15.0 Å². The highest BCUT2D eigenvalue weighted by Crippen LogP contribution is 2.12. The van der Waals surface area contributed by atoms with Gasteiger partial charge in [0.05, 0.1) is 13.2 Å². The molecule has 1 saturated heterocycles. The molecule has 1 unspecified atom stereocenters. The Hall–Kier alpha value is -1.69. The number of rotatable bonds is 4. The fraction of sp³-hybridized carbons (Fsp3) is 0.615. The van der Waals surface area contributed by atoms with Crippen LogP contribution in [0.25, 0.3) is 0 Å². The summed E-state index contributed by atoms with van der Waals surface area (Å²) < 4.78 is 5.27. The number of aromatic nitrogens is 2. The van der Waals surface area contributed by atoms with Crippen molar-refractivity contribution in [2.75, 3.05) is 31.6 Å². The Morgan fingerprint density at radius 1 is 1.32 bits per heavy atom. The molecule has 0 aliphatic carbocycles. The lowest BCUT2D eigenvalue weighted by molar-refractivity contribution is -0.137. The minimum atomic E-state index is -0.305. The zero-order valence-corrected chi connectivity index (χ0v) is 11.4. The van der Waals surface area contributed by atoms with Crippen molar-refractivity contribution in [3.63, 3.8) is 0 Å². The van der Waals surface area contributed by atoms with E-state index in [4.69, 9.17) is 4.74 Å². The molecule has 0 aromatic carbocycles. The SMILES string of the molecule is CC(C)C(Nc1ncccn1)C(=O)N1CCOCC1. The summed E-state index contributed by atoms with van der Waals surface area (Å²) in [6, 6.07) is 1.44. The molecule has 104 valence electrons. The number of hydrogen-bond donors (Lipinski definition) is 1. The number of carbonyl (C=O) groups is 1. The van der Waals surface area contributed by atoms with Crippen LogP contribution >= 0.6 is 0 Å². The summed E-state index contributed by atoms with van der Waals surface area (Å²) >= 11 is 0. The van der Waals surface area contributed by atoms with E-state index in [1.165, 1.54) is 0 Å². The summed E-state index contributed by atoms with van der Waals surface area (Å²) in [5.74, 6) is 0.743. The van der Waals surface area contributed by atoms with Crippen LogP contribution in [-0.4, -0.2) is 53.1 Å². The number of nitrogens with one attached hydrogen (secondary N) is 1. The maximum atomic E-state index is 12.5. The first-order chi connectivity index (χ1) is 9.18. The van der Waals surface area contributed by atoms with E-state index in [9.17, 15) is 4.79 Å². The number of nitrogens with zero attached hydrogens (tertiary/aromatic N) is 3. The fourth-order valence-corrected chi connectivity index (χ4v) is 2.01. The van der Waals surface area contributed by atoms with Gasteiger partial charge in [0, 0.05) is 25.5 Å². The van der Waals surface area contributed by atoms with Gasteiger partial charge in [-0.3, -0.25) is 4.79 Å². The molecular weight excluding hydrogens is 244 g/mol. The van der Waals surface area contributed by atoms with Crippen LogP contribution in [0.5, 0.6) is 0 Å². The largest absolute Gasteiger partial charge is 0.378 e. The summed E-state index contributed by atoms with van der Waals surface area (Å²) in [5.41, 5.74) is 0. The molecule has 0 saturated carbocycles. The van der Waals surface area contributed by atoms with E-state index in [0.29, 0.717) is 32.3 Å². The molecule has 1 fully saturated rings. The summed E-state index contributed by atoms with van der Waals surface area (Å²) in [4.78, 5) is 22.6. The molecule has 6 heteroatoms. The van der Waals surface area contributed by atoms with Crippen molar-refractivity contribution < 1.29 is 9.53 Å². The molecule has 1 aliphatic rings. The van der Waals surface area contributed by atoms with Gasteiger partial charge >= 0.3 is 0 Å². The molecule has 1 N–H and O–H groups in total. The van der Waals surface area contributed by atoms with Crippen LogP contribution < -0.4 is 5.32 Å². The monoisotopic (exact) mass is 264 g/mol. The second-order valence-corrected chi connectivity index (χ2v) is 4.88. The molecular formula is C13H20N4O2. The van der Waals surface area contributed by atoms with Crippen molar-refractivity contribution in [1.82, 2.24) is 14.9 Å². The number of morpholine rings is 1. The van der Waals surface area contributed by atoms with E-state index >= 15 is 0 Å². The van der Waals surface area contributed by atoms with Crippen LogP contribution in [0.1, 0.15) is 13.8 Å². The average Bonchev–Trinajstić information content (AvgIpc) is 2.46. The van der Waals surface area contributed by atoms with Crippen LogP contribution in [0.3, 0.4) is 0 Å². The Bertz CT molecular complexity index is 404. The molecule has 0 spiro atoms. The zero-order chi connectivity index (χ0) is 13.7. The Kier molecular flexibility index (Phi) is 4.68. The number of amides is 1. The van der Waals surface area contributed by atoms with Gasteiger partial charge in [-0.1, -0.05) is 13.8 Å². The lowest BCUT2D eigenvalue weighted by atomic mass is 10.0. The molecule has 2 heterocycles. The third kappa shape index (κ3) is 3.64. The van der Waals surface area contributed by atoms with Gasteiger partial charge in [0.25, 0.3) is 0 Å². The molecule has 1 atom stereocenters. The van der Waals surface area contributed by atoms with Gasteiger partial charge in [-0.15, -0.1) is 0 Å². The maximum absolute atomic E-state index is 12.5. The number of anilines is 1. The molecule has 1 amide bonds. The van der Waals surface area contributed by atoms with Gasteiger partial charge in [-0.2, -0.15) is 0 Å². The number of carbonyl (C=O) groups excluding carboxylic acids is 1. The Labute approximate surface area is 113 Å². The Morgan fingerprint density at radius 3 is 2.53 bits per heavy atom. The molecule has 0 bridgehead atoms. The molecule has 1 aromatic rings. The van der Waals surface area contributed by atoms with E-state index < -0.39 is 0 Å². The first-order valence-corrected chi connectivity index (χ1v) is 6.58. The predicted octanol–water partition coefficient (Wildman–Crippen LogP) is 0.772. The van der Waals surface area contributed by atoms with Crippen molar-refractivity contribution in [3.05, 3.63) is 18.5 Å². The van der Waals surface area contributed by atoms with Gasteiger partial charge in [-0.25, -0.2) is 9.97 Å². The van der Waals surface area contributed by atoms with Crippen LogP contribution in [0, 0.1) is 5.92 Å². The highest BCUT2D eigenvalue weighted by Gasteiger charge is 2.28. The molecule has 1 aliphatic heterocycles. The minimum Gasteiger partial charge on any atom is -0.378 e. The van der Waals surface area contributed by atoms with Crippen molar-refractivity contribution in [1.29, 1.82) is 0 Å². The van der Waals surface area contributed by atoms with Gasteiger partial charge in [0.2, 0.25) is 11.9 Å². The quantitative estimate of drug-likeness (QED) is 0.870. The standard InChI is InChI=1S/C13H20N4O2/c1-10(2)11(16-13-14-4-3-5-15-13)12(18)17-6-8-19-9-7-17/h3-5,10-11H,6-9H2,1-2H3,(H,14,15,16). The number of ether oxygens (including phenoxy) is 1. The first-order valence-electron chi connectivity index (χ1n) is 6.58. The van der Waals surface area contributed by atoms with Gasteiger partial charge in [-0.05, 0) is 12.0 Å². The van der Waals surface area contributed by atoms with E-state index in [0.717, 1.165) is 0 Å². The fourth-order valence-electron chi connectivity index (χ4n) is 2.01. The predicted molar refractivity (Wildman–Crippen MR) is 71.7 cm³/mol. The Morgan fingerprint density at radius 2 is 1.95 bits per heavy atom. The lowest BCUT2D eigenvalue weighted by Crippen LogP contribution is -2.50. The van der Waals surface area contributed by atoms with Gasteiger partial charge in [0.1, 0.15) is 6.04 Å². The maximum Gasteiger partial charge on any atom is 0.245 e. The first kappa shape index (κ1) is 13.7. The zero-order valence-electron chi connectivity index (χ0n) is 11.4. The third-order valence-corrected chi connectivity index (χ3v) is 3.11. The van der Waals surface area contributed by atoms with E-state index in [1.54, 1.807) is 18.5 Å². The summed E-state index contributed by atoms with van der Waals surface area (Å²) in [7, 11) is 0. The van der Waals surface area contributed by atoms with E-state index in [2.05, 4.69) is 15.3 Å². The van der Waals surface area contributed by atoms with Gasteiger partial charge in [0.15, 0.2) is 0 Å². The van der Waals surface area contributed by atoms with Crippen molar-refractivity contribution in [2.24, 2.45) is 5.92 Å². The summed E-state index contributed by atoms with van der Waals surface area (Å²) in [5, 5.41) is 3.12. The van der Waals surface area contributed by atoms with Crippen molar-refractivity contribution in [2.45, 2.75) is 19.9 Å².